The number of carbonyl (C=O) groups excluding carboxylic acids is 1. The SMILES string of the molecule is CCN(C(=O)Nc1cc(C(=O)O)ccc1Cl)C(C)COC. The number of urea groups is 1. The molecule has 2 amide bonds. The highest BCUT2D eigenvalue weighted by Crippen LogP contribution is 2.23. The Bertz CT molecular complexity index is 522. The molecule has 0 bridgehead atoms. The molecule has 6 nitrogen and oxygen atoms in total. The molecule has 1 unspecified atom stereocenters. The molecule has 0 heterocycles. The number of carboxylic acids is 1. The summed E-state index contributed by atoms with van der Waals surface area (Å²) in [6.45, 7) is 4.61. The van der Waals surface area contributed by atoms with Crippen molar-refractivity contribution in [2.24, 2.45) is 0 Å². The van der Waals surface area contributed by atoms with E-state index in [4.69, 9.17) is 21.4 Å². The molecule has 1 rings (SSSR count). The third kappa shape index (κ3) is 4.61. The number of amides is 2. The summed E-state index contributed by atoms with van der Waals surface area (Å²) in [7, 11) is 1.56. The zero-order valence-electron chi connectivity index (χ0n) is 12.2. The van der Waals surface area contributed by atoms with E-state index in [0.717, 1.165) is 0 Å². The highest BCUT2D eigenvalue weighted by atomic mass is 35.5. The largest absolute Gasteiger partial charge is 0.478 e. The van der Waals surface area contributed by atoms with Gasteiger partial charge in [0.2, 0.25) is 0 Å². The van der Waals surface area contributed by atoms with Gasteiger partial charge in [-0.3, -0.25) is 0 Å². The second-order valence-corrected chi connectivity index (χ2v) is 4.93. The number of hydrogen-bond donors (Lipinski definition) is 2. The molecule has 0 fully saturated rings. The van der Waals surface area contributed by atoms with Crippen molar-refractivity contribution < 1.29 is 19.4 Å². The Morgan fingerprint density at radius 1 is 1.48 bits per heavy atom. The molecular weight excluding hydrogens is 296 g/mol. The zero-order chi connectivity index (χ0) is 16.0. The summed E-state index contributed by atoms with van der Waals surface area (Å²) < 4.78 is 5.04. The number of hydrogen-bond acceptors (Lipinski definition) is 3. The fourth-order valence-electron chi connectivity index (χ4n) is 1.93. The highest BCUT2D eigenvalue weighted by Gasteiger charge is 2.19. The number of halogens is 1. The van der Waals surface area contributed by atoms with Crippen LogP contribution >= 0.6 is 11.6 Å². The zero-order valence-corrected chi connectivity index (χ0v) is 13.0. The van der Waals surface area contributed by atoms with Gasteiger partial charge in [0.1, 0.15) is 0 Å². The molecule has 0 aromatic heterocycles. The minimum Gasteiger partial charge on any atom is -0.478 e. The van der Waals surface area contributed by atoms with Crippen molar-refractivity contribution in [3.05, 3.63) is 28.8 Å². The minimum absolute atomic E-state index is 0.0580. The summed E-state index contributed by atoms with van der Waals surface area (Å²) in [5.41, 5.74) is 0.326. The van der Waals surface area contributed by atoms with Crippen LogP contribution in [0, 0.1) is 0 Å². The van der Waals surface area contributed by atoms with Crippen LogP contribution in [0.1, 0.15) is 24.2 Å². The molecule has 0 saturated carbocycles. The van der Waals surface area contributed by atoms with Gasteiger partial charge >= 0.3 is 12.0 Å². The average molecular weight is 315 g/mol. The number of carboxylic acid groups (broad SMARTS) is 1. The molecule has 0 aliphatic rings. The Morgan fingerprint density at radius 3 is 2.67 bits per heavy atom. The number of rotatable bonds is 6. The molecule has 21 heavy (non-hydrogen) atoms. The van der Waals surface area contributed by atoms with Crippen LogP contribution in [0.5, 0.6) is 0 Å². The Hall–Kier alpha value is -1.79. The number of ether oxygens (including phenoxy) is 1. The van der Waals surface area contributed by atoms with Crippen molar-refractivity contribution >= 4 is 29.3 Å². The van der Waals surface area contributed by atoms with E-state index in [1.807, 2.05) is 13.8 Å². The maximum atomic E-state index is 12.2. The van der Waals surface area contributed by atoms with Crippen molar-refractivity contribution in [1.29, 1.82) is 0 Å². The van der Waals surface area contributed by atoms with Crippen LogP contribution in [0.4, 0.5) is 10.5 Å². The molecule has 1 atom stereocenters. The van der Waals surface area contributed by atoms with Crippen molar-refractivity contribution in [3.63, 3.8) is 0 Å². The van der Waals surface area contributed by atoms with Gasteiger partial charge in [0.15, 0.2) is 0 Å². The van der Waals surface area contributed by atoms with Gasteiger partial charge in [-0.1, -0.05) is 11.6 Å². The molecule has 116 valence electrons. The van der Waals surface area contributed by atoms with Gasteiger partial charge < -0.3 is 20.1 Å². The lowest BCUT2D eigenvalue weighted by Gasteiger charge is -2.27. The average Bonchev–Trinajstić information content (AvgIpc) is 2.42. The monoisotopic (exact) mass is 314 g/mol. The van der Waals surface area contributed by atoms with Crippen LogP contribution in [0.3, 0.4) is 0 Å². The van der Waals surface area contributed by atoms with Gasteiger partial charge in [-0.05, 0) is 32.0 Å². The third-order valence-electron chi connectivity index (χ3n) is 3.00. The molecule has 2 N–H and O–H groups in total. The number of nitrogens with one attached hydrogen (secondary N) is 1. The Balaban J connectivity index is 2.91. The second kappa shape index (κ2) is 7.85. The van der Waals surface area contributed by atoms with E-state index in [9.17, 15) is 9.59 Å². The van der Waals surface area contributed by atoms with Crippen LogP contribution in [0.15, 0.2) is 18.2 Å². The minimum atomic E-state index is -1.08. The van der Waals surface area contributed by atoms with Gasteiger partial charge in [0, 0.05) is 13.7 Å². The summed E-state index contributed by atoms with van der Waals surface area (Å²) in [5.74, 6) is -1.08. The van der Waals surface area contributed by atoms with E-state index < -0.39 is 5.97 Å². The first-order valence-electron chi connectivity index (χ1n) is 6.50. The smallest absolute Gasteiger partial charge is 0.335 e. The maximum absolute atomic E-state index is 12.2. The fraction of sp³-hybridized carbons (Fsp3) is 0.429. The fourth-order valence-corrected chi connectivity index (χ4v) is 2.09. The number of carbonyl (C=O) groups is 2. The first-order valence-corrected chi connectivity index (χ1v) is 6.87. The third-order valence-corrected chi connectivity index (χ3v) is 3.33. The van der Waals surface area contributed by atoms with E-state index in [2.05, 4.69) is 5.32 Å². The Kier molecular flexibility index (Phi) is 6.45. The first kappa shape index (κ1) is 17.3. The summed E-state index contributed by atoms with van der Waals surface area (Å²) >= 11 is 5.98. The van der Waals surface area contributed by atoms with E-state index >= 15 is 0 Å². The quantitative estimate of drug-likeness (QED) is 0.846. The number of anilines is 1. The number of methoxy groups -OCH3 is 1. The van der Waals surface area contributed by atoms with Crippen LogP contribution in [0.2, 0.25) is 5.02 Å². The maximum Gasteiger partial charge on any atom is 0.335 e. The van der Waals surface area contributed by atoms with Crippen LogP contribution < -0.4 is 5.32 Å². The summed E-state index contributed by atoms with van der Waals surface area (Å²) in [6, 6.07) is 3.69. The predicted molar refractivity (Wildman–Crippen MR) is 81.1 cm³/mol. The molecule has 0 radical (unpaired) electrons. The Morgan fingerprint density at radius 2 is 2.14 bits per heavy atom. The molecule has 1 aromatic carbocycles. The number of likely N-dealkylation sites (N-methyl/N-ethyl adjacent to an activating group) is 1. The number of benzene rings is 1. The summed E-state index contributed by atoms with van der Waals surface area (Å²) in [4.78, 5) is 24.8. The molecule has 1 aromatic rings. The van der Waals surface area contributed by atoms with Crippen molar-refractivity contribution in [3.8, 4) is 0 Å². The highest BCUT2D eigenvalue weighted by molar-refractivity contribution is 6.33. The molecule has 0 aliphatic heterocycles. The second-order valence-electron chi connectivity index (χ2n) is 4.52. The van der Waals surface area contributed by atoms with E-state index in [1.165, 1.54) is 18.2 Å². The van der Waals surface area contributed by atoms with E-state index in [0.29, 0.717) is 13.2 Å². The molecule has 0 aliphatic carbocycles. The van der Waals surface area contributed by atoms with Crippen LogP contribution in [-0.2, 0) is 4.74 Å². The number of nitrogens with zero attached hydrogens (tertiary/aromatic N) is 1. The van der Waals surface area contributed by atoms with Crippen molar-refractivity contribution in [2.75, 3.05) is 25.6 Å². The van der Waals surface area contributed by atoms with Gasteiger partial charge in [-0.15, -0.1) is 0 Å². The van der Waals surface area contributed by atoms with Gasteiger partial charge in [-0.25, -0.2) is 9.59 Å². The molecule has 0 spiro atoms. The van der Waals surface area contributed by atoms with Crippen molar-refractivity contribution in [1.82, 2.24) is 4.90 Å². The standard InChI is InChI=1S/C14H19ClN2O4/c1-4-17(9(2)8-21-3)14(20)16-12-7-10(13(18)19)5-6-11(12)15/h5-7,9H,4,8H2,1-3H3,(H,16,20)(H,18,19). The predicted octanol–water partition coefficient (Wildman–Crippen LogP) is 2.93. The van der Waals surface area contributed by atoms with Crippen LogP contribution in [-0.4, -0.2) is 48.3 Å². The van der Waals surface area contributed by atoms with Crippen LogP contribution in [0.25, 0.3) is 0 Å². The van der Waals surface area contributed by atoms with Gasteiger partial charge in [0.05, 0.1) is 28.9 Å². The van der Waals surface area contributed by atoms with Gasteiger partial charge in [0.25, 0.3) is 0 Å². The topological polar surface area (TPSA) is 78.9 Å². The van der Waals surface area contributed by atoms with E-state index in [1.54, 1.807) is 12.0 Å². The summed E-state index contributed by atoms with van der Waals surface area (Å²) in [6.07, 6.45) is 0. The lowest BCUT2D eigenvalue weighted by molar-refractivity contribution is 0.0697. The van der Waals surface area contributed by atoms with E-state index in [-0.39, 0.29) is 28.3 Å². The molecule has 0 saturated heterocycles. The lowest BCUT2D eigenvalue weighted by Crippen LogP contribution is -2.43. The van der Waals surface area contributed by atoms with Gasteiger partial charge in [-0.2, -0.15) is 0 Å². The Labute approximate surface area is 128 Å². The summed E-state index contributed by atoms with van der Waals surface area (Å²) in [5, 5.41) is 11.9. The normalized spacial score (nSPS) is 11.8. The van der Waals surface area contributed by atoms with Crippen molar-refractivity contribution in [2.45, 2.75) is 19.9 Å². The molecular formula is C14H19ClN2O4. The number of aromatic carboxylic acids is 1. The first-order chi connectivity index (χ1) is 9.90. The molecule has 7 heteroatoms. The lowest BCUT2D eigenvalue weighted by atomic mass is 10.2.